The smallest absolute Gasteiger partial charge is 0.272 e. The monoisotopic (exact) mass is 265 g/mol. The summed E-state index contributed by atoms with van der Waals surface area (Å²) in [5.41, 5.74) is 1.56. The quantitative estimate of drug-likeness (QED) is 0.603. The number of hydrogen-bond donors (Lipinski definition) is 2. The minimum absolute atomic E-state index is 0.0851. The summed E-state index contributed by atoms with van der Waals surface area (Å²) in [5.74, 6) is -0.0851. The van der Waals surface area contributed by atoms with Crippen molar-refractivity contribution < 1.29 is 9.72 Å². The summed E-state index contributed by atoms with van der Waals surface area (Å²) in [4.78, 5) is 21.8. The fourth-order valence-electron chi connectivity index (χ4n) is 1.74. The number of benzene rings is 1. The zero-order valence-corrected chi connectivity index (χ0v) is 11.4. The summed E-state index contributed by atoms with van der Waals surface area (Å²) in [5, 5.41) is 16.5. The predicted octanol–water partition coefficient (Wildman–Crippen LogP) is 1.52. The van der Waals surface area contributed by atoms with Crippen molar-refractivity contribution >= 4 is 11.6 Å². The predicted molar refractivity (Wildman–Crippen MR) is 72.8 cm³/mol. The number of nitrogens with one attached hydrogen (secondary N) is 2. The standard InChI is InChI=1S/C13H19N3O3/c1-9(2)15-13(17)8-14-7-11-5-4-6-12(10(11)3)16(18)19/h4-6,9,14H,7-8H2,1-3H3,(H,15,17). The van der Waals surface area contributed by atoms with E-state index in [0.717, 1.165) is 5.56 Å². The second-order valence-corrected chi connectivity index (χ2v) is 4.64. The maximum Gasteiger partial charge on any atom is 0.272 e. The van der Waals surface area contributed by atoms with Crippen LogP contribution in [0.25, 0.3) is 0 Å². The van der Waals surface area contributed by atoms with Crippen LogP contribution in [0.5, 0.6) is 0 Å². The fourth-order valence-corrected chi connectivity index (χ4v) is 1.74. The molecule has 0 aliphatic heterocycles. The van der Waals surface area contributed by atoms with Crippen molar-refractivity contribution in [3.8, 4) is 0 Å². The average Bonchev–Trinajstić information content (AvgIpc) is 2.30. The number of rotatable bonds is 6. The summed E-state index contributed by atoms with van der Waals surface area (Å²) in [6.07, 6.45) is 0. The third kappa shape index (κ3) is 4.67. The average molecular weight is 265 g/mol. The SMILES string of the molecule is Cc1c(CNCC(=O)NC(C)C)cccc1[N+](=O)[O-]. The molecule has 1 amide bonds. The molecule has 2 N–H and O–H groups in total. The van der Waals surface area contributed by atoms with E-state index in [1.54, 1.807) is 13.0 Å². The molecule has 0 atom stereocenters. The van der Waals surface area contributed by atoms with E-state index in [9.17, 15) is 14.9 Å². The van der Waals surface area contributed by atoms with E-state index in [4.69, 9.17) is 0 Å². The van der Waals surface area contributed by atoms with Gasteiger partial charge < -0.3 is 10.6 Å². The van der Waals surface area contributed by atoms with Gasteiger partial charge in [-0.25, -0.2) is 0 Å². The Hall–Kier alpha value is -1.95. The maximum absolute atomic E-state index is 11.4. The van der Waals surface area contributed by atoms with Crippen LogP contribution in [0.2, 0.25) is 0 Å². The normalized spacial score (nSPS) is 10.5. The van der Waals surface area contributed by atoms with Gasteiger partial charge in [0.2, 0.25) is 5.91 Å². The lowest BCUT2D eigenvalue weighted by molar-refractivity contribution is -0.385. The molecule has 0 fully saturated rings. The largest absolute Gasteiger partial charge is 0.353 e. The van der Waals surface area contributed by atoms with Gasteiger partial charge in [-0.3, -0.25) is 14.9 Å². The van der Waals surface area contributed by atoms with Crippen LogP contribution in [0.1, 0.15) is 25.0 Å². The number of carbonyl (C=O) groups excluding carboxylic acids is 1. The molecule has 1 rings (SSSR count). The highest BCUT2D eigenvalue weighted by Crippen LogP contribution is 2.20. The Bertz CT molecular complexity index is 472. The zero-order chi connectivity index (χ0) is 14.4. The molecule has 1 aromatic carbocycles. The van der Waals surface area contributed by atoms with Gasteiger partial charge in [-0.15, -0.1) is 0 Å². The van der Waals surface area contributed by atoms with Crippen LogP contribution in [0, 0.1) is 17.0 Å². The zero-order valence-electron chi connectivity index (χ0n) is 11.4. The second kappa shape index (κ2) is 6.84. The van der Waals surface area contributed by atoms with E-state index >= 15 is 0 Å². The molecule has 0 unspecified atom stereocenters. The van der Waals surface area contributed by atoms with Gasteiger partial charge in [0.1, 0.15) is 0 Å². The minimum Gasteiger partial charge on any atom is -0.353 e. The molecule has 6 heteroatoms. The Morgan fingerprint density at radius 1 is 1.42 bits per heavy atom. The third-order valence-electron chi connectivity index (χ3n) is 2.66. The summed E-state index contributed by atoms with van der Waals surface area (Å²) < 4.78 is 0. The van der Waals surface area contributed by atoms with Crippen LogP contribution < -0.4 is 10.6 Å². The summed E-state index contributed by atoms with van der Waals surface area (Å²) in [6, 6.07) is 5.05. The Morgan fingerprint density at radius 2 is 2.11 bits per heavy atom. The van der Waals surface area contributed by atoms with E-state index in [1.165, 1.54) is 6.07 Å². The molecule has 0 aliphatic carbocycles. The van der Waals surface area contributed by atoms with Crippen LogP contribution in [0.3, 0.4) is 0 Å². The van der Waals surface area contributed by atoms with E-state index < -0.39 is 4.92 Å². The molecule has 0 bridgehead atoms. The number of amides is 1. The van der Waals surface area contributed by atoms with Gasteiger partial charge in [0, 0.05) is 24.2 Å². The number of hydrogen-bond acceptors (Lipinski definition) is 4. The van der Waals surface area contributed by atoms with Crippen LogP contribution in [0.4, 0.5) is 5.69 Å². The first kappa shape index (κ1) is 15.1. The topological polar surface area (TPSA) is 84.3 Å². The highest BCUT2D eigenvalue weighted by Gasteiger charge is 2.12. The summed E-state index contributed by atoms with van der Waals surface area (Å²) >= 11 is 0. The van der Waals surface area contributed by atoms with Gasteiger partial charge in [-0.2, -0.15) is 0 Å². The summed E-state index contributed by atoms with van der Waals surface area (Å²) in [6.45, 7) is 6.12. The Balaban J connectivity index is 2.57. The molecule has 0 radical (unpaired) electrons. The number of carbonyl (C=O) groups is 1. The van der Waals surface area contributed by atoms with E-state index in [0.29, 0.717) is 12.1 Å². The lowest BCUT2D eigenvalue weighted by Gasteiger charge is -2.10. The van der Waals surface area contributed by atoms with Gasteiger partial charge in [0.15, 0.2) is 0 Å². The van der Waals surface area contributed by atoms with Crippen molar-refractivity contribution in [2.75, 3.05) is 6.54 Å². The molecule has 0 aliphatic rings. The maximum atomic E-state index is 11.4. The van der Waals surface area contributed by atoms with E-state index in [1.807, 2.05) is 19.9 Å². The lowest BCUT2D eigenvalue weighted by atomic mass is 10.1. The molecule has 0 heterocycles. The van der Waals surface area contributed by atoms with Crippen molar-refractivity contribution in [1.82, 2.24) is 10.6 Å². The molecular formula is C13H19N3O3. The first-order chi connectivity index (χ1) is 8.91. The summed E-state index contributed by atoms with van der Waals surface area (Å²) in [7, 11) is 0. The number of nitro groups is 1. The molecule has 19 heavy (non-hydrogen) atoms. The van der Waals surface area contributed by atoms with E-state index in [2.05, 4.69) is 10.6 Å². The minimum atomic E-state index is -0.399. The Labute approximate surface area is 112 Å². The molecule has 104 valence electrons. The fraction of sp³-hybridized carbons (Fsp3) is 0.462. The number of nitro benzene ring substituents is 1. The van der Waals surface area contributed by atoms with Crippen molar-refractivity contribution in [3.05, 3.63) is 39.4 Å². The van der Waals surface area contributed by atoms with Crippen LogP contribution in [-0.2, 0) is 11.3 Å². The van der Waals surface area contributed by atoms with Crippen LogP contribution in [-0.4, -0.2) is 23.4 Å². The van der Waals surface area contributed by atoms with Gasteiger partial charge in [0.25, 0.3) is 5.69 Å². The highest BCUT2D eigenvalue weighted by molar-refractivity contribution is 5.78. The van der Waals surface area contributed by atoms with Crippen LogP contribution >= 0.6 is 0 Å². The molecule has 0 aromatic heterocycles. The molecule has 0 saturated heterocycles. The van der Waals surface area contributed by atoms with Crippen LogP contribution in [0.15, 0.2) is 18.2 Å². The molecule has 0 spiro atoms. The van der Waals surface area contributed by atoms with E-state index in [-0.39, 0.29) is 24.2 Å². The van der Waals surface area contributed by atoms with Gasteiger partial charge >= 0.3 is 0 Å². The van der Waals surface area contributed by atoms with Crippen molar-refractivity contribution in [2.24, 2.45) is 0 Å². The molecular weight excluding hydrogens is 246 g/mol. The Kier molecular flexibility index (Phi) is 5.44. The van der Waals surface area contributed by atoms with Crippen molar-refractivity contribution in [2.45, 2.75) is 33.4 Å². The first-order valence-electron chi connectivity index (χ1n) is 6.14. The molecule has 1 aromatic rings. The third-order valence-corrected chi connectivity index (χ3v) is 2.66. The number of nitrogens with zero attached hydrogens (tertiary/aromatic N) is 1. The van der Waals surface area contributed by atoms with Gasteiger partial charge in [-0.1, -0.05) is 12.1 Å². The molecule has 0 saturated carbocycles. The molecule has 6 nitrogen and oxygen atoms in total. The van der Waals surface area contributed by atoms with Gasteiger partial charge in [-0.05, 0) is 26.3 Å². The van der Waals surface area contributed by atoms with Gasteiger partial charge in [0.05, 0.1) is 11.5 Å². The lowest BCUT2D eigenvalue weighted by Crippen LogP contribution is -2.37. The highest BCUT2D eigenvalue weighted by atomic mass is 16.6. The Morgan fingerprint density at radius 3 is 2.68 bits per heavy atom. The van der Waals surface area contributed by atoms with Crippen molar-refractivity contribution in [1.29, 1.82) is 0 Å². The second-order valence-electron chi connectivity index (χ2n) is 4.64. The first-order valence-corrected chi connectivity index (χ1v) is 6.14. The van der Waals surface area contributed by atoms with Crippen molar-refractivity contribution in [3.63, 3.8) is 0 Å².